The number of hydrogen-bond donors (Lipinski definition) is 3. The maximum atomic E-state index is 14.8. The van der Waals surface area contributed by atoms with E-state index in [0.29, 0.717) is 42.9 Å². The number of aromatic nitrogens is 3. The number of aryl methyl sites for hydroxylation is 2. The maximum Gasteiger partial charge on any atom is 0.251 e. The van der Waals surface area contributed by atoms with E-state index < -0.39 is 0 Å². The number of fused-ring (bicyclic) bond motifs is 1. The highest BCUT2D eigenvalue weighted by atomic mass is 127. The molecule has 2 aromatic heterocycles. The summed E-state index contributed by atoms with van der Waals surface area (Å²) in [5.74, 6) is -0.940. The number of carbonyl (C=O) groups is 2. The Morgan fingerprint density at radius 1 is 0.939 bits per heavy atom. The van der Waals surface area contributed by atoms with Crippen LogP contribution < -0.4 is 16.0 Å². The third-order valence-corrected chi connectivity index (χ3v) is 9.75. The fourth-order valence-corrected chi connectivity index (χ4v) is 6.66. The molecule has 254 valence electrons. The first-order valence-corrected chi connectivity index (χ1v) is 18.2. The molecule has 0 bridgehead atoms. The number of anilines is 1. The molecule has 0 spiro atoms. The van der Waals surface area contributed by atoms with E-state index in [0.717, 1.165) is 61.9 Å². The maximum absolute atomic E-state index is 14.8. The lowest BCUT2D eigenvalue weighted by Crippen LogP contribution is -2.30. The number of carbonyl (C=O) groups excluding carboxylic acids is 2. The minimum Gasteiger partial charge on any atom is -0.381 e. The lowest BCUT2D eigenvalue weighted by molar-refractivity contribution is 0.0904. The Bertz CT molecular complexity index is 1970. The fraction of sp³-hybridized carbons (Fsp3) is 0.316. The number of ether oxygens (including phenoxy) is 1. The summed E-state index contributed by atoms with van der Waals surface area (Å²) in [6.45, 7) is 6.68. The Kier molecular flexibility index (Phi) is 11.2. The summed E-state index contributed by atoms with van der Waals surface area (Å²) < 4.78 is 23.1. The molecule has 6 rings (SSSR count). The summed E-state index contributed by atoms with van der Waals surface area (Å²) >= 11 is 2.28. The predicted molar refractivity (Wildman–Crippen MR) is 198 cm³/mol. The number of hydrogen-bond acceptors (Lipinski definition) is 6. The van der Waals surface area contributed by atoms with Gasteiger partial charge in [-0.15, -0.1) is 0 Å². The summed E-state index contributed by atoms with van der Waals surface area (Å²) in [6, 6.07) is 19.5. The lowest BCUT2D eigenvalue weighted by atomic mass is 10.0. The highest BCUT2D eigenvalue weighted by molar-refractivity contribution is 14.1. The van der Waals surface area contributed by atoms with Crippen molar-refractivity contribution < 1.29 is 18.7 Å². The molecule has 49 heavy (non-hydrogen) atoms. The summed E-state index contributed by atoms with van der Waals surface area (Å²) in [5, 5.41) is 15.2. The number of pyridine rings is 1. The molecule has 1 fully saturated rings. The van der Waals surface area contributed by atoms with E-state index in [4.69, 9.17) is 9.72 Å². The van der Waals surface area contributed by atoms with Gasteiger partial charge in [-0.25, -0.2) is 14.1 Å². The second-order valence-corrected chi connectivity index (χ2v) is 12.9. The van der Waals surface area contributed by atoms with Gasteiger partial charge in [-0.3, -0.25) is 9.59 Å². The van der Waals surface area contributed by atoms with Crippen molar-refractivity contribution >= 4 is 51.1 Å². The number of nitrogens with one attached hydrogen (secondary N) is 3. The molecule has 1 saturated heterocycles. The zero-order valence-electron chi connectivity index (χ0n) is 27.7. The Labute approximate surface area is 299 Å². The molecule has 5 aromatic rings. The third kappa shape index (κ3) is 7.94. The van der Waals surface area contributed by atoms with Crippen LogP contribution in [0.4, 0.5) is 10.1 Å². The number of benzene rings is 3. The van der Waals surface area contributed by atoms with Crippen LogP contribution >= 0.6 is 22.6 Å². The molecule has 3 aromatic carbocycles. The van der Waals surface area contributed by atoms with Gasteiger partial charge in [-0.05, 0) is 73.2 Å². The van der Waals surface area contributed by atoms with E-state index in [-0.39, 0.29) is 36.8 Å². The Morgan fingerprint density at radius 3 is 2.39 bits per heavy atom. The number of alkyl halides is 1. The lowest BCUT2D eigenvalue weighted by Gasteiger charge is -2.26. The molecule has 1 aliphatic heterocycles. The first-order chi connectivity index (χ1) is 23.9. The highest BCUT2D eigenvalue weighted by Crippen LogP contribution is 2.31. The van der Waals surface area contributed by atoms with Crippen molar-refractivity contribution in [1.29, 1.82) is 0 Å². The van der Waals surface area contributed by atoms with Crippen molar-refractivity contribution in [3.63, 3.8) is 0 Å². The normalized spacial score (nSPS) is 13.4. The molecule has 0 atom stereocenters. The first kappa shape index (κ1) is 34.5. The van der Waals surface area contributed by atoms with Gasteiger partial charge < -0.3 is 20.7 Å². The Balaban J connectivity index is 1.16. The van der Waals surface area contributed by atoms with Gasteiger partial charge >= 0.3 is 0 Å². The van der Waals surface area contributed by atoms with Crippen LogP contribution in [0.1, 0.15) is 69.8 Å². The highest BCUT2D eigenvalue weighted by Gasteiger charge is 2.22. The van der Waals surface area contributed by atoms with Gasteiger partial charge in [0.05, 0.1) is 17.3 Å². The van der Waals surface area contributed by atoms with Crippen LogP contribution in [-0.4, -0.2) is 45.8 Å². The summed E-state index contributed by atoms with van der Waals surface area (Å²) in [4.78, 5) is 31.6. The Morgan fingerprint density at radius 2 is 1.67 bits per heavy atom. The van der Waals surface area contributed by atoms with Crippen molar-refractivity contribution in [2.45, 2.75) is 63.2 Å². The predicted octanol–water partition coefficient (Wildman–Crippen LogP) is 7.21. The monoisotopic (exact) mass is 774 g/mol. The average Bonchev–Trinajstić information content (AvgIpc) is 3.57. The molecule has 3 heterocycles. The molecule has 0 saturated carbocycles. The van der Waals surface area contributed by atoms with Crippen LogP contribution in [0.25, 0.3) is 22.2 Å². The van der Waals surface area contributed by atoms with E-state index in [1.807, 2.05) is 42.1 Å². The number of halogens is 2. The van der Waals surface area contributed by atoms with E-state index in [9.17, 15) is 14.0 Å². The second kappa shape index (κ2) is 15.9. The second-order valence-electron chi connectivity index (χ2n) is 12.1. The summed E-state index contributed by atoms with van der Waals surface area (Å²) in [5.41, 5.74) is 7.49. The topological polar surface area (TPSA) is 110 Å². The van der Waals surface area contributed by atoms with Crippen LogP contribution in [-0.2, 0) is 35.2 Å². The molecule has 3 N–H and O–H groups in total. The quantitative estimate of drug-likeness (QED) is 0.0914. The van der Waals surface area contributed by atoms with Gasteiger partial charge in [0.1, 0.15) is 5.82 Å². The molecule has 9 nitrogen and oxygen atoms in total. The van der Waals surface area contributed by atoms with Crippen LogP contribution in [0.5, 0.6) is 0 Å². The van der Waals surface area contributed by atoms with E-state index in [1.165, 1.54) is 6.07 Å². The first-order valence-electron chi connectivity index (χ1n) is 16.7. The molecule has 0 radical (unpaired) electrons. The molecule has 0 aliphatic carbocycles. The van der Waals surface area contributed by atoms with Gasteiger partial charge in [-0.1, -0.05) is 65.9 Å². The molecular weight excluding hydrogens is 734 g/mol. The van der Waals surface area contributed by atoms with Gasteiger partial charge in [0.2, 0.25) is 0 Å². The largest absolute Gasteiger partial charge is 0.381 e. The molecule has 2 amide bonds. The van der Waals surface area contributed by atoms with Crippen LogP contribution in [0.2, 0.25) is 0 Å². The van der Waals surface area contributed by atoms with Crippen LogP contribution in [0.3, 0.4) is 0 Å². The van der Waals surface area contributed by atoms with Gasteiger partial charge in [0.25, 0.3) is 11.8 Å². The van der Waals surface area contributed by atoms with Crippen molar-refractivity contribution in [2.24, 2.45) is 0 Å². The van der Waals surface area contributed by atoms with E-state index in [2.05, 4.69) is 50.6 Å². The zero-order chi connectivity index (χ0) is 34.3. The third-order valence-electron chi connectivity index (χ3n) is 8.86. The number of amides is 2. The SMILES string of the molecule is CCc1nc2c(cnn2CC)c(NC2CCOCC2)c1CNC(=O)c1cccc(C(=O)NCc2ccc(F)c(-c3cccc(CI)c3)c2)c1. The Hall–Kier alpha value is -4.36. The van der Waals surface area contributed by atoms with E-state index in [1.54, 1.807) is 36.4 Å². The minimum absolute atomic E-state index is 0.210. The van der Waals surface area contributed by atoms with Crippen LogP contribution in [0.15, 0.2) is 72.9 Å². The van der Waals surface area contributed by atoms with Crippen LogP contribution in [0, 0.1) is 5.82 Å². The average molecular weight is 775 g/mol. The number of nitrogens with zero attached hydrogens (tertiary/aromatic N) is 3. The number of rotatable bonds is 12. The molecular formula is C38H40FIN6O3. The molecule has 0 unspecified atom stereocenters. The van der Waals surface area contributed by atoms with Crippen molar-refractivity contribution in [3.05, 3.63) is 112 Å². The van der Waals surface area contributed by atoms with Gasteiger partial charge in [-0.2, -0.15) is 5.10 Å². The van der Waals surface area contributed by atoms with E-state index >= 15 is 0 Å². The smallest absolute Gasteiger partial charge is 0.251 e. The summed E-state index contributed by atoms with van der Waals surface area (Å²) in [7, 11) is 0. The van der Waals surface area contributed by atoms with Gasteiger partial charge in [0, 0.05) is 71.3 Å². The molecule has 11 heteroatoms. The van der Waals surface area contributed by atoms with Crippen molar-refractivity contribution in [2.75, 3.05) is 18.5 Å². The standard InChI is InChI=1S/C38H40FIN6O3/c1-3-34-31(35(44-29-13-15-49-16-14-29)32-23-43-46(4-2)36(32)45-34)22-42-38(48)28-10-6-9-27(19-28)37(47)41-21-25-11-12-33(39)30(18-25)26-8-5-7-24(17-26)20-40/h5-12,17-19,23,29H,3-4,13-16,20-22H2,1-2H3,(H,41,47)(H,42,48)(H,44,45). The van der Waals surface area contributed by atoms with Crippen molar-refractivity contribution in [1.82, 2.24) is 25.4 Å². The van der Waals surface area contributed by atoms with Crippen molar-refractivity contribution in [3.8, 4) is 11.1 Å². The fourth-order valence-electron chi connectivity index (χ4n) is 6.18. The summed E-state index contributed by atoms with van der Waals surface area (Å²) in [6.07, 6.45) is 4.32. The zero-order valence-corrected chi connectivity index (χ0v) is 29.8. The van der Waals surface area contributed by atoms with Gasteiger partial charge in [0.15, 0.2) is 5.65 Å². The molecule has 1 aliphatic rings. The minimum atomic E-state index is -0.328.